The van der Waals surface area contributed by atoms with Gasteiger partial charge in [0.15, 0.2) is 0 Å². The zero-order chi connectivity index (χ0) is 12.3. The molecule has 0 aromatic carbocycles. The van der Waals surface area contributed by atoms with Crippen LogP contribution in [-0.4, -0.2) is 25.7 Å². The molecule has 1 heterocycles. The average molecular weight is 365 g/mol. The minimum atomic E-state index is 0.298. The Hall–Kier alpha value is 0.1000. The molecule has 0 atom stereocenters. The van der Waals surface area contributed by atoms with Gasteiger partial charge in [-0.05, 0) is 24.2 Å². The molecular formula is C12H19Br2N3. The van der Waals surface area contributed by atoms with E-state index >= 15 is 0 Å². The Morgan fingerprint density at radius 1 is 1.35 bits per heavy atom. The first-order valence-corrected chi connectivity index (χ1v) is 8.41. The third-order valence-corrected chi connectivity index (χ3v) is 6.17. The second-order valence-corrected chi connectivity index (χ2v) is 6.29. The molecule has 1 fully saturated rings. The zero-order valence-electron chi connectivity index (χ0n) is 10.2. The summed E-state index contributed by atoms with van der Waals surface area (Å²) in [6, 6.07) is 0. The molecule has 1 aromatic rings. The second-order valence-electron chi connectivity index (χ2n) is 5.17. The summed E-state index contributed by atoms with van der Waals surface area (Å²) in [5.74, 6) is 0.809. The van der Waals surface area contributed by atoms with E-state index in [0.717, 1.165) is 28.7 Å². The predicted octanol–water partition coefficient (Wildman–Crippen LogP) is 3.32. The van der Waals surface area contributed by atoms with Crippen molar-refractivity contribution in [3.63, 3.8) is 0 Å². The Bertz CT molecular complexity index is 354. The molecule has 1 aliphatic rings. The van der Waals surface area contributed by atoms with Crippen LogP contribution in [0.2, 0.25) is 0 Å². The normalized spacial score (nSPS) is 17.8. The number of nitrogens with zero attached hydrogens (tertiary/aromatic N) is 3. The average Bonchev–Trinajstić information content (AvgIpc) is 2.98. The third kappa shape index (κ3) is 2.92. The lowest BCUT2D eigenvalue weighted by Gasteiger charge is -2.35. The van der Waals surface area contributed by atoms with Gasteiger partial charge < -0.3 is 0 Å². The summed E-state index contributed by atoms with van der Waals surface area (Å²) >= 11 is 7.45. The fraction of sp³-hybridized carbons (Fsp3) is 0.833. The molecule has 2 rings (SSSR count). The number of hydrogen-bond acceptors (Lipinski definition) is 2. The quantitative estimate of drug-likeness (QED) is 0.750. The number of rotatable bonds is 5. The van der Waals surface area contributed by atoms with E-state index in [1.54, 1.807) is 4.68 Å². The summed E-state index contributed by atoms with van der Waals surface area (Å²) in [6.07, 6.45) is 8.53. The van der Waals surface area contributed by atoms with Crippen molar-refractivity contribution in [3.8, 4) is 0 Å². The van der Waals surface area contributed by atoms with Gasteiger partial charge in [0, 0.05) is 30.3 Å². The maximum Gasteiger partial charge on any atom is 0.0833 e. The summed E-state index contributed by atoms with van der Waals surface area (Å²) in [5.41, 5.74) is 1.41. The highest BCUT2D eigenvalue weighted by molar-refractivity contribution is 9.09. The molecule has 0 amide bonds. The van der Waals surface area contributed by atoms with E-state index in [2.05, 4.69) is 42.2 Å². The van der Waals surface area contributed by atoms with Crippen LogP contribution in [0.5, 0.6) is 0 Å². The fourth-order valence-corrected chi connectivity index (χ4v) is 5.11. The number of hydrogen-bond donors (Lipinski definition) is 0. The first-order valence-electron chi connectivity index (χ1n) is 6.17. The topological polar surface area (TPSA) is 30.7 Å². The van der Waals surface area contributed by atoms with Crippen LogP contribution < -0.4 is 0 Å². The van der Waals surface area contributed by atoms with Crippen molar-refractivity contribution in [3.05, 3.63) is 11.9 Å². The van der Waals surface area contributed by atoms with Crippen LogP contribution in [0.25, 0.3) is 0 Å². The number of alkyl halides is 2. The molecule has 0 saturated heterocycles. The Balaban J connectivity index is 2.15. The van der Waals surface area contributed by atoms with E-state index in [1.807, 2.05) is 13.2 Å². The van der Waals surface area contributed by atoms with Gasteiger partial charge in [-0.25, -0.2) is 0 Å². The molecule has 3 nitrogen and oxygen atoms in total. The summed E-state index contributed by atoms with van der Waals surface area (Å²) in [7, 11) is 1.93. The molecule has 0 radical (unpaired) electrons. The predicted molar refractivity (Wildman–Crippen MR) is 76.7 cm³/mol. The highest BCUT2D eigenvalue weighted by Crippen LogP contribution is 2.44. The fourth-order valence-electron chi connectivity index (χ4n) is 2.87. The molecule has 0 spiro atoms. The van der Waals surface area contributed by atoms with Crippen molar-refractivity contribution in [2.45, 2.75) is 32.1 Å². The van der Waals surface area contributed by atoms with Crippen LogP contribution in [0.4, 0.5) is 0 Å². The molecule has 0 unspecified atom stereocenters. The van der Waals surface area contributed by atoms with Gasteiger partial charge in [0.2, 0.25) is 0 Å². The van der Waals surface area contributed by atoms with E-state index in [4.69, 9.17) is 0 Å². The van der Waals surface area contributed by atoms with E-state index in [9.17, 15) is 0 Å². The van der Waals surface area contributed by atoms with Gasteiger partial charge in [0.05, 0.1) is 5.69 Å². The van der Waals surface area contributed by atoms with Crippen LogP contribution >= 0.6 is 31.9 Å². The van der Waals surface area contributed by atoms with Crippen molar-refractivity contribution in [1.82, 2.24) is 15.0 Å². The minimum Gasteiger partial charge on any atom is -0.255 e. The highest BCUT2D eigenvalue weighted by Gasteiger charge is 2.39. The molecule has 1 saturated carbocycles. The van der Waals surface area contributed by atoms with Crippen molar-refractivity contribution in [2.24, 2.45) is 18.4 Å². The maximum absolute atomic E-state index is 4.24. The Morgan fingerprint density at radius 3 is 2.47 bits per heavy atom. The van der Waals surface area contributed by atoms with E-state index in [-0.39, 0.29) is 0 Å². The highest BCUT2D eigenvalue weighted by atomic mass is 79.9. The Morgan fingerprint density at radius 2 is 2.00 bits per heavy atom. The number of halogens is 2. The molecule has 1 aromatic heterocycles. The van der Waals surface area contributed by atoms with Crippen molar-refractivity contribution >= 4 is 31.9 Å². The lowest BCUT2D eigenvalue weighted by molar-refractivity contribution is 0.231. The van der Waals surface area contributed by atoms with Gasteiger partial charge in [0.25, 0.3) is 0 Å². The molecule has 5 heteroatoms. The summed E-state index contributed by atoms with van der Waals surface area (Å²) in [4.78, 5) is 0. The standard InChI is InChI=1S/C12H19Br2N3/c1-17-7-11(15-16-17)6-12(8-13,9-14)10-4-2-3-5-10/h7,10H,2-6,8-9H2,1H3. The van der Waals surface area contributed by atoms with E-state index < -0.39 is 0 Å². The Kier molecular flexibility index (Phi) is 4.64. The van der Waals surface area contributed by atoms with Gasteiger partial charge in [0.1, 0.15) is 0 Å². The van der Waals surface area contributed by atoms with E-state index in [0.29, 0.717) is 5.41 Å². The zero-order valence-corrected chi connectivity index (χ0v) is 13.4. The number of aromatic nitrogens is 3. The monoisotopic (exact) mass is 363 g/mol. The van der Waals surface area contributed by atoms with Crippen LogP contribution in [-0.2, 0) is 13.5 Å². The SMILES string of the molecule is Cn1cc(CC(CBr)(CBr)C2CCCC2)nn1. The van der Waals surface area contributed by atoms with Crippen molar-refractivity contribution in [2.75, 3.05) is 10.7 Å². The molecule has 1 aliphatic carbocycles. The van der Waals surface area contributed by atoms with Gasteiger partial charge >= 0.3 is 0 Å². The summed E-state index contributed by atoms with van der Waals surface area (Å²) in [6.45, 7) is 0. The summed E-state index contributed by atoms with van der Waals surface area (Å²) < 4.78 is 1.79. The van der Waals surface area contributed by atoms with E-state index in [1.165, 1.54) is 25.7 Å². The molecule has 96 valence electrons. The molecular weight excluding hydrogens is 346 g/mol. The largest absolute Gasteiger partial charge is 0.255 e. The minimum absolute atomic E-state index is 0.298. The summed E-state index contributed by atoms with van der Waals surface area (Å²) in [5, 5.41) is 10.3. The molecule has 0 bridgehead atoms. The van der Waals surface area contributed by atoms with Gasteiger partial charge in [-0.3, -0.25) is 4.68 Å². The lowest BCUT2D eigenvalue weighted by Crippen LogP contribution is -2.35. The van der Waals surface area contributed by atoms with Gasteiger partial charge in [-0.1, -0.05) is 49.9 Å². The van der Waals surface area contributed by atoms with Crippen LogP contribution in [0.1, 0.15) is 31.4 Å². The smallest absolute Gasteiger partial charge is 0.0833 e. The first kappa shape index (κ1) is 13.5. The van der Waals surface area contributed by atoms with Crippen LogP contribution in [0, 0.1) is 11.3 Å². The Labute approximate surface area is 120 Å². The lowest BCUT2D eigenvalue weighted by atomic mass is 9.74. The first-order chi connectivity index (χ1) is 8.20. The maximum atomic E-state index is 4.24. The van der Waals surface area contributed by atoms with Gasteiger partial charge in [-0.2, -0.15) is 0 Å². The molecule has 0 N–H and O–H groups in total. The van der Waals surface area contributed by atoms with Crippen LogP contribution in [0.15, 0.2) is 6.20 Å². The second kappa shape index (κ2) is 5.83. The molecule has 0 aliphatic heterocycles. The van der Waals surface area contributed by atoms with Crippen LogP contribution in [0.3, 0.4) is 0 Å². The van der Waals surface area contributed by atoms with Crippen molar-refractivity contribution in [1.29, 1.82) is 0 Å². The van der Waals surface area contributed by atoms with Crippen molar-refractivity contribution < 1.29 is 0 Å². The van der Waals surface area contributed by atoms with Gasteiger partial charge in [-0.15, -0.1) is 5.10 Å². The molecule has 17 heavy (non-hydrogen) atoms. The number of aryl methyl sites for hydroxylation is 1. The third-order valence-electron chi connectivity index (χ3n) is 3.94.